The molecule has 0 N–H and O–H groups in total. The summed E-state index contributed by atoms with van der Waals surface area (Å²) in [7, 11) is 0. The molecule has 2 aliphatic carbocycles. The van der Waals surface area contributed by atoms with Gasteiger partial charge < -0.3 is 0 Å². The number of hydrogen-bond donors (Lipinski definition) is 0. The van der Waals surface area contributed by atoms with Crippen LogP contribution in [0.1, 0.15) is 114 Å². The predicted octanol–water partition coefficient (Wildman–Crippen LogP) is 9.50. The van der Waals surface area contributed by atoms with E-state index in [0.717, 1.165) is 37.0 Å². The van der Waals surface area contributed by atoms with Gasteiger partial charge >= 0.3 is 0 Å². The average molecular weight is 421 g/mol. The van der Waals surface area contributed by atoms with E-state index in [2.05, 4.69) is 6.92 Å². The zero-order chi connectivity index (χ0) is 21.5. The lowest BCUT2D eigenvalue weighted by molar-refractivity contribution is 0.156. The van der Waals surface area contributed by atoms with E-state index in [-0.39, 0.29) is 23.7 Å². The molecule has 2 saturated carbocycles. The molecule has 1 aromatic carbocycles. The summed E-state index contributed by atoms with van der Waals surface area (Å²) in [5.74, 6) is 0.750. The second kappa shape index (κ2) is 11.4. The highest BCUT2D eigenvalue weighted by Gasteiger charge is 2.31. The van der Waals surface area contributed by atoms with Crippen molar-refractivity contribution in [3.05, 3.63) is 41.0 Å². The smallest absolute Gasteiger partial charge is 0.161 e. The summed E-state index contributed by atoms with van der Waals surface area (Å²) in [6.07, 6.45) is 14.1. The van der Waals surface area contributed by atoms with Crippen LogP contribution in [-0.4, -0.2) is 0 Å². The SMILES string of the molecule is CCCCC(F)=C(F)c1ccc(C2CCC(C3CCC(CCC)CC3)CC2)c(F)c1. The van der Waals surface area contributed by atoms with Crippen molar-refractivity contribution in [1.29, 1.82) is 0 Å². The van der Waals surface area contributed by atoms with Crippen LogP contribution in [0, 0.1) is 23.6 Å². The summed E-state index contributed by atoms with van der Waals surface area (Å²) < 4.78 is 43.0. The quantitative estimate of drug-likeness (QED) is 0.393. The molecule has 1 aromatic rings. The molecule has 0 bridgehead atoms. The minimum absolute atomic E-state index is 0.0300. The van der Waals surface area contributed by atoms with Gasteiger partial charge in [-0.1, -0.05) is 58.1 Å². The molecule has 0 aliphatic heterocycles. The number of hydrogen-bond acceptors (Lipinski definition) is 0. The second-order valence-corrected chi connectivity index (χ2v) is 9.74. The Kier molecular flexibility index (Phi) is 8.89. The van der Waals surface area contributed by atoms with E-state index in [1.807, 2.05) is 6.92 Å². The van der Waals surface area contributed by atoms with Crippen molar-refractivity contribution in [2.75, 3.05) is 0 Å². The Balaban J connectivity index is 1.56. The lowest BCUT2D eigenvalue weighted by atomic mass is 9.68. The molecule has 0 unspecified atom stereocenters. The summed E-state index contributed by atoms with van der Waals surface area (Å²) in [5.41, 5.74) is 0.716. The maximum Gasteiger partial charge on any atom is 0.161 e. The van der Waals surface area contributed by atoms with Gasteiger partial charge in [0, 0.05) is 12.0 Å². The first-order valence-corrected chi connectivity index (χ1v) is 12.4. The topological polar surface area (TPSA) is 0 Å². The van der Waals surface area contributed by atoms with E-state index in [1.165, 1.54) is 57.4 Å². The molecule has 0 aromatic heterocycles. The van der Waals surface area contributed by atoms with Crippen molar-refractivity contribution in [3.63, 3.8) is 0 Å². The summed E-state index contributed by atoms with van der Waals surface area (Å²) in [6, 6.07) is 4.44. The standard InChI is InChI=1S/C27H39F3/c1-3-5-7-25(28)27(30)23-16-17-24(26(29)18-23)22-14-12-21(13-15-22)20-10-8-19(6-4-2)9-11-20/h16-22H,3-15H2,1-2H3. The number of benzene rings is 1. The predicted molar refractivity (Wildman–Crippen MR) is 120 cm³/mol. The van der Waals surface area contributed by atoms with Crippen LogP contribution in [0.25, 0.3) is 5.83 Å². The number of allylic oxidation sites excluding steroid dienone is 1. The van der Waals surface area contributed by atoms with Crippen molar-refractivity contribution in [2.24, 2.45) is 17.8 Å². The molecule has 0 amide bonds. The molecule has 168 valence electrons. The molecule has 2 fully saturated rings. The molecular weight excluding hydrogens is 381 g/mol. The number of rotatable bonds is 8. The monoisotopic (exact) mass is 420 g/mol. The molecule has 3 heteroatoms. The van der Waals surface area contributed by atoms with E-state index in [4.69, 9.17) is 0 Å². The molecule has 0 heterocycles. The fraction of sp³-hybridized carbons (Fsp3) is 0.704. The van der Waals surface area contributed by atoms with Crippen LogP contribution in [0.5, 0.6) is 0 Å². The molecule has 0 radical (unpaired) electrons. The molecule has 2 aliphatic rings. The third-order valence-corrected chi connectivity index (χ3v) is 7.71. The number of halogens is 3. The first-order chi connectivity index (χ1) is 14.5. The highest BCUT2D eigenvalue weighted by molar-refractivity contribution is 5.61. The van der Waals surface area contributed by atoms with Crippen LogP contribution in [0.4, 0.5) is 13.2 Å². The van der Waals surface area contributed by atoms with Crippen LogP contribution in [0.2, 0.25) is 0 Å². The van der Waals surface area contributed by atoms with Gasteiger partial charge in [0.2, 0.25) is 0 Å². The molecule has 0 nitrogen and oxygen atoms in total. The van der Waals surface area contributed by atoms with Gasteiger partial charge in [0.15, 0.2) is 5.83 Å². The Labute approximate surface area is 181 Å². The van der Waals surface area contributed by atoms with Gasteiger partial charge in [-0.05, 0) is 80.2 Å². The molecular formula is C27H39F3. The van der Waals surface area contributed by atoms with Crippen molar-refractivity contribution < 1.29 is 13.2 Å². The Morgan fingerprint density at radius 3 is 2.07 bits per heavy atom. The Bertz CT molecular complexity index is 692. The maximum atomic E-state index is 14.8. The van der Waals surface area contributed by atoms with Gasteiger partial charge in [0.1, 0.15) is 11.6 Å². The Morgan fingerprint density at radius 1 is 0.867 bits per heavy atom. The van der Waals surface area contributed by atoms with E-state index >= 15 is 0 Å². The van der Waals surface area contributed by atoms with Crippen LogP contribution in [0.3, 0.4) is 0 Å². The van der Waals surface area contributed by atoms with Crippen molar-refractivity contribution in [1.82, 2.24) is 0 Å². The zero-order valence-electron chi connectivity index (χ0n) is 18.9. The summed E-state index contributed by atoms with van der Waals surface area (Å²) in [4.78, 5) is 0. The fourth-order valence-corrected chi connectivity index (χ4v) is 5.85. The second-order valence-electron chi connectivity index (χ2n) is 9.74. The summed E-state index contributed by atoms with van der Waals surface area (Å²) in [6.45, 7) is 4.22. The van der Waals surface area contributed by atoms with Crippen LogP contribution >= 0.6 is 0 Å². The lowest BCUT2D eigenvalue weighted by Crippen LogP contribution is -2.25. The van der Waals surface area contributed by atoms with Crippen LogP contribution < -0.4 is 0 Å². The minimum Gasteiger partial charge on any atom is -0.209 e. The van der Waals surface area contributed by atoms with E-state index in [0.29, 0.717) is 12.0 Å². The van der Waals surface area contributed by atoms with Gasteiger partial charge in [-0.3, -0.25) is 0 Å². The Morgan fingerprint density at radius 2 is 1.50 bits per heavy atom. The molecule has 0 atom stereocenters. The average Bonchev–Trinajstić information content (AvgIpc) is 2.78. The third-order valence-electron chi connectivity index (χ3n) is 7.71. The Hall–Kier alpha value is -1.25. The van der Waals surface area contributed by atoms with Gasteiger partial charge in [-0.25, -0.2) is 13.2 Å². The number of unbranched alkanes of at least 4 members (excludes halogenated alkanes) is 1. The van der Waals surface area contributed by atoms with Gasteiger partial charge in [-0.15, -0.1) is 0 Å². The maximum absolute atomic E-state index is 14.8. The molecule has 30 heavy (non-hydrogen) atoms. The first kappa shape index (κ1) is 23.4. The first-order valence-electron chi connectivity index (χ1n) is 12.4. The minimum atomic E-state index is -0.906. The van der Waals surface area contributed by atoms with E-state index in [1.54, 1.807) is 12.1 Å². The summed E-state index contributed by atoms with van der Waals surface area (Å²) >= 11 is 0. The van der Waals surface area contributed by atoms with E-state index < -0.39 is 11.7 Å². The molecule has 0 spiro atoms. The van der Waals surface area contributed by atoms with Gasteiger partial charge in [0.25, 0.3) is 0 Å². The highest BCUT2D eigenvalue weighted by atomic mass is 19.2. The van der Waals surface area contributed by atoms with Gasteiger partial charge in [0.05, 0.1) is 0 Å². The third kappa shape index (κ3) is 5.92. The highest BCUT2D eigenvalue weighted by Crippen LogP contribution is 2.45. The molecule has 3 rings (SSSR count). The van der Waals surface area contributed by atoms with Crippen molar-refractivity contribution >= 4 is 5.83 Å². The molecule has 0 saturated heterocycles. The van der Waals surface area contributed by atoms with Crippen LogP contribution in [-0.2, 0) is 0 Å². The zero-order valence-corrected chi connectivity index (χ0v) is 18.9. The fourth-order valence-electron chi connectivity index (χ4n) is 5.85. The van der Waals surface area contributed by atoms with Gasteiger partial charge in [-0.2, -0.15) is 0 Å². The van der Waals surface area contributed by atoms with Crippen LogP contribution in [0.15, 0.2) is 24.0 Å². The van der Waals surface area contributed by atoms with Crippen molar-refractivity contribution in [2.45, 2.75) is 103 Å². The van der Waals surface area contributed by atoms with E-state index in [9.17, 15) is 13.2 Å². The summed E-state index contributed by atoms with van der Waals surface area (Å²) in [5, 5.41) is 0. The normalized spacial score (nSPS) is 28.3. The lowest BCUT2D eigenvalue weighted by Gasteiger charge is -2.38. The largest absolute Gasteiger partial charge is 0.209 e. The van der Waals surface area contributed by atoms with Crippen molar-refractivity contribution in [3.8, 4) is 0 Å².